The Morgan fingerprint density at radius 3 is 2.66 bits per heavy atom. The number of para-hydroxylation sites is 1. The van der Waals surface area contributed by atoms with Crippen LogP contribution in [0.1, 0.15) is 30.9 Å². The Hall–Kier alpha value is -4.53. The van der Waals surface area contributed by atoms with Crippen molar-refractivity contribution < 1.29 is 8.96 Å². The zero-order valence-electron chi connectivity index (χ0n) is 20.9. The average Bonchev–Trinajstić information content (AvgIpc) is 3.62. The number of benzene rings is 2. The van der Waals surface area contributed by atoms with Gasteiger partial charge in [-0.15, -0.1) is 0 Å². The normalized spacial score (nSPS) is 17.8. The molecule has 2 aromatic carbocycles. The number of pyridine rings is 1. The number of aromatic nitrogens is 5. The highest BCUT2D eigenvalue weighted by Gasteiger charge is 2.44. The Balaban J connectivity index is 1.35. The predicted molar refractivity (Wildman–Crippen MR) is 144 cm³/mol. The van der Waals surface area contributed by atoms with Crippen molar-refractivity contribution in [3.8, 4) is 11.3 Å². The van der Waals surface area contributed by atoms with Crippen molar-refractivity contribution in [2.45, 2.75) is 37.9 Å². The lowest BCUT2D eigenvalue weighted by Gasteiger charge is -2.10. The van der Waals surface area contributed by atoms with Crippen LogP contribution < -0.4 is 20.8 Å². The van der Waals surface area contributed by atoms with Gasteiger partial charge in [-0.2, -0.15) is 9.07 Å². The number of nitrogens with zero attached hydrogens (tertiary/aromatic N) is 5. The Morgan fingerprint density at radius 1 is 1.05 bits per heavy atom. The first-order chi connectivity index (χ1) is 18.6. The van der Waals surface area contributed by atoms with Crippen molar-refractivity contribution in [3.63, 3.8) is 0 Å². The summed E-state index contributed by atoms with van der Waals surface area (Å²) in [6.07, 6.45) is 3.30. The lowest BCUT2D eigenvalue weighted by atomic mass is 10.1. The molecular formula is C29H27FN7O+. The van der Waals surface area contributed by atoms with Crippen LogP contribution in [-0.2, 0) is 13.6 Å². The van der Waals surface area contributed by atoms with Crippen LogP contribution in [0.25, 0.3) is 22.3 Å². The minimum atomic E-state index is -0.503. The Kier molecular flexibility index (Phi) is 5.24. The van der Waals surface area contributed by atoms with Gasteiger partial charge in [0.25, 0.3) is 5.65 Å². The third-order valence-corrected chi connectivity index (χ3v) is 7.69. The third-order valence-electron chi connectivity index (χ3n) is 7.69. The first-order valence-corrected chi connectivity index (χ1v) is 12.9. The zero-order chi connectivity index (χ0) is 25.8. The molecule has 2 N–H and O–H groups in total. The smallest absolute Gasteiger partial charge is 0.320 e. The number of fused-ring (bicyclic) bond motifs is 5. The molecule has 0 saturated heterocycles. The molecule has 5 aromatic rings. The van der Waals surface area contributed by atoms with Crippen LogP contribution >= 0.6 is 0 Å². The summed E-state index contributed by atoms with van der Waals surface area (Å²) >= 11 is 0. The summed E-state index contributed by atoms with van der Waals surface area (Å²) in [5.41, 5.74) is 3.92. The van der Waals surface area contributed by atoms with E-state index in [4.69, 9.17) is 5.10 Å². The molecule has 1 saturated carbocycles. The highest BCUT2D eigenvalue weighted by Crippen LogP contribution is 2.36. The summed E-state index contributed by atoms with van der Waals surface area (Å²) in [6.45, 7) is 0.459. The fourth-order valence-electron chi connectivity index (χ4n) is 5.83. The van der Waals surface area contributed by atoms with Gasteiger partial charge in [-0.05, 0) is 54.2 Å². The highest BCUT2D eigenvalue weighted by molar-refractivity contribution is 5.88. The quantitative estimate of drug-likeness (QED) is 0.269. The summed E-state index contributed by atoms with van der Waals surface area (Å²) in [5, 5.41) is 12.7. The maximum atomic E-state index is 13.7. The van der Waals surface area contributed by atoms with E-state index in [1.165, 1.54) is 6.07 Å². The van der Waals surface area contributed by atoms with E-state index in [2.05, 4.69) is 20.2 Å². The zero-order valence-corrected chi connectivity index (χ0v) is 20.9. The van der Waals surface area contributed by atoms with Crippen molar-refractivity contribution in [1.82, 2.24) is 19.3 Å². The fraction of sp³-hybridized carbons (Fsp3) is 0.241. The molecule has 1 aliphatic carbocycles. The molecule has 0 unspecified atom stereocenters. The molecule has 190 valence electrons. The fourth-order valence-corrected chi connectivity index (χ4v) is 5.83. The number of halogens is 1. The second-order valence-corrected chi connectivity index (χ2v) is 10.0. The molecule has 4 heterocycles. The van der Waals surface area contributed by atoms with Gasteiger partial charge in [0, 0.05) is 11.3 Å². The molecule has 2 aliphatic rings. The van der Waals surface area contributed by atoms with Crippen molar-refractivity contribution in [2.24, 2.45) is 7.05 Å². The summed E-state index contributed by atoms with van der Waals surface area (Å²) in [6, 6.07) is 23.1. The summed E-state index contributed by atoms with van der Waals surface area (Å²) < 4.78 is 19.4. The molecule has 0 radical (unpaired) electrons. The summed E-state index contributed by atoms with van der Waals surface area (Å²) in [7, 11) is 1.82. The first-order valence-electron chi connectivity index (χ1n) is 12.9. The molecule has 0 amide bonds. The molecular weight excluding hydrogens is 481 g/mol. The van der Waals surface area contributed by atoms with Gasteiger partial charge in [0.2, 0.25) is 5.95 Å². The topological polar surface area (TPSA) is 80.7 Å². The Morgan fingerprint density at radius 2 is 1.87 bits per heavy atom. The number of anilines is 3. The van der Waals surface area contributed by atoms with Crippen LogP contribution in [-0.4, -0.2) is 25.4 Å². The lowest BCUT2D eigenvalue weighted by molar-refractivity contribution is -0.678. The Bertz CT molecular complexity index is 1730. The number of nitrogens with one attached hydrogen (secondary N) is 2. The highest BCUT2D eigenvalue weighted by atomic mass is 19.1. The molecule has 0 bridgehead atoms. The van der Waals surface area contributed by atoms with Crippen LogP contribution in [0, 0.1) is 5.95 Å². The average molecular weight is 509 g/mol. The van der Waals surface area contributed by atoms with Crippen LogP contribution in [0.5, 0.6) is 0 Å². The molecule has 9 heteroatoms. The maximum Gasteiger partial charge on any atom is 0.320 e. The molecule has 7 rings (SSSR count). The van der Waals surface area contributed by atoms with Crippen molar-refractivity contribution >= 4 is 28.5 Å². The predicted octanol–water partition coefficient (Wildman–Crippen LogP) is 4.53. The van der Waals surface area contributed by atoms with E-state index in [0.29, 0.717) is 35.1 Å². The molecule has 0 spiro atoms. The van der Waals surface area contributed by atoms with Gasteiger partial charge in [0.05, 0.1) is 25.3 Å². The van der Waals surface area contributed by atoms with Crippen molar-refractivity contribution in [2.75, 3.05) is 10.6 Å². The maximum absolute atomic E-state index is 13.7. The van der Waals surface area contributed by atoms with Crippen LogP contribution in [0.3, 0.4) is 0 Å². The largest absolute Gasteiger partial charge is 0.339 e. The van der Waals surface area contributed by atoms with Gasteiger partial charge in [-0.25, -0.2) is 14.1 Å². The lowest BCUT2D eigenvalue weighted by Crippen LogP contribution is -2.42. The van der Waals surface area contributed by atoms with Gasteiger partial charge in [-0.3, -0.25) is 10.1 Å². The third kappa shape index (κ3) is 3.65. The van der Waals surface area contributed by atoms with E-state index in [9.17, 15) is 9.18 Å². The van der Waals surface area contributed by atoms with E-state index in [1.54, 1.807) is 16.7 Å². The van der Waals surface area contributed by atoms with E-state index in [0.717, 1.165) is 42.0 Å². The Labute approximate surface area is 218 Å². The van der Waals surface area contributed by atoms with Gasteiger partial charge in [0.1, 0.15) is 6.04 Å². The summed E-state index contributed by atoms with van der Waals surface area (Å²) in [5.74, 6) is 0.983. The number of hydrogen-bond acceptors (Lipinski definition) is 5. The van der Waals surface area contributed by atoms with Gasteiger partial charge < -0.3 is 5.32 Å². The summed E-state index contributed by atoms with van der Waals surface area (Å²) in [4.78, 5) is 17.7. The monoisotopic (exact) mass is 508 g/mol. The van der Waals surface area contributed by atoms with E-state index < -0.39 is 5.95 Å². The molecule has 8 nitrogen and oxygen atoms in total. The molecule has 2 atom stereocenters. The van der Waals surface area contributed by atoms with Gasteiger partial charge >= 0.3 is 11.5 Å². The van der Waals surface area contributed by atoms with E-state index in [-0.39, 0.29) is 11.6 Å². The van der Waals surface area contributed by atoms with Gasteiger partial charge in [-0.1, -0.05) is 48.5 Å². The molecule has 1 aliphatic heterocycles. The second-order valence-electron chi connectivity index (χ2n) is 10.0. The van der Waals surface area contributed by atoms with Crippen molar-refractivity contribution in [3.05, 3.63) is 94.7 Å². The second kappa shape index (κ2) is 8.79. The number of hydrogen-bond donors (Lipinski definition) is 2. The molecule has 38 heavy (non-hydrogen) atoms. The van der Waals surface area contributed by atoms with Crippen LogP contribution in [0.2, 0.25) is 0 Å². The van der Waals surface area contributed by atoms with Gasteiger partial charge in [0.15, 0.2) is 11.2 Å². The minimum Gasteiger partial charge on any atom is -0.339 e. The minimum absolute atomic E-state index is 0.0871. The standard InChI is InChI=1S/C29H26FN7O/c1-35-28(38)25-26(31-20-7-3-2-4-8-20)36(34-27(25)37-23-11-5-10-22(23)33-29(35)37)17-18-13-15-19(16-14-18)21-9-6-12-24(30)32-21/h2-4,6-9,12-16,22-23H,5,10-11,17H2,1H3,(H,31,34,38)/p+1/t22-,23+/m1/s1. The molecule has 3 aromatic heterocycles. The number of rotatable bonds is 5. The van der Waals surface area contributed by atoms with Crippen molar-refractivity contribution in [1.29, 1.82) is 0 Å². The SMILES string of the molecule is Cn1c2[n+](c3nn(Cc4ccc(-c5cccc(F)n5)cc4)c(Nc4ccccc4)c3c1=O)[C@H]1CCC[C@H]1N2. The van der Waals surface area contributed by atoms with E-state index in [1.807, 2.05) is 66.3 Å². The first kappa shape index (κ1) is 22.7. The van der Waals surface area contributed by atoms with Crippen LogP contribution in [0.15, 0.2) is 77.6 Å². The van der Waals surface area contributed by atoms with Crippen LogP contribution in [0.4, 0.5) is 21.8 Å². The van der Waals surface area contributed by atoms with E-state index >= 15 is 0 Å². The molecule has 1 fully saturated rings.